The number of anilines is 2. The van der Waals surface area contributed by atoms with Crippen molar-refractivity contribution in [3.63, 3.8) is 0 Å². The molecule has 4 aromatic rings. The Hall–Kier alpha value is -3.71. The summed E-state index contributed by atoms with van der Waals surface area (Å²) in [5, 5.41) is 16.4. The van der Waals surface area contributed by atoms with Gasteiger partial charge in [0.2, 0.25) is 5.91 Å². The van der Waals surface area contributed by atoms with Gasteiger partial charge in [0.1, 0.15) is 5.75 Å². The molecule has 0 radical (unpaired) electrons. The molecule has 7 heteroatoms. The molecule has 0 fully saturated rings. The van der Waals surface area contributed by atoms with E-state index >= 15 is 0 Å². The van der Waals surface area contributed by atoms with Gasteiger partial charge in [-0.05, 0) is 48.0 Å². The van der Waals surface area contributed by atoms with Crippen LogP contribution in [-0.4, -0.2) is 21.9 Å². The summed E-state index contributed by atoms with van der Waals surface area (Å²) in [4.78, 5) is 28.4. The lowest BCUT2D eigenvalue weighted by atomic mass is 10.1. The van der Waals surface area contributed by atoms with Crippen molar-refractivity contribution in [3.8, 4) is 5.75 Å². The summed E-state index contributed by atoms with van der Waals surface area (Å²) in [5.74, 6) is -0.872. The highest BCUT2D eigenvalue weighted by atomic mass is 32.1. The van der Waals surface area contributed by atoms with Crippen LogP contribution < -0.4 is 10.6 Å². The number of amides is 2. The van der Waals surface area contributed by atoms with Crippen molar-refractivity contribution in [2.45, 2.75) is 13.3 Å². The van der Waals surface area contributed by atoms with Gasteiger partial charge in [-0.2, -0.15) is 0 Å². The van der Waals surface area contributed by atoms with Crippen molar-refractivity contribution in [2.75, 3.05) is 10.6 Å². The summed E-state index contributed by atoms with van der Waals surface area (Å²) in [6, 6.07) is 19.9. The minimum Gasteiger partial charge on any atom is -0.507 e. The van der Waals surface area contributed by atoms with Crippen molar-refractivity contribution in [1.82, 2.24) is 4.98 Å². The average molecular weight is 417 g/mol. The van der Waals surface area contributed by atoms with E-state index in [1.807, 2.05) is 42.5 Å². The van der Waals surface area contributed by atoms with Gasteiger partial charge in [-0.1, -0.05) is 24.3 Å². The Kier molecular flexibility index (Phi) is 5.45. The molecule has 0 aliphatic carbocycles. The molecular formula is C23H19N3O3S. The molecule has 150 valence electrons. The molecule has 4 rings (SSSR count). The number of phenolic OH excluding ortho intramolecular Hbond substituents is 1. The fourth-order valence-electron chi connectivity index (χ4n) is 3.07. The van der Waals surface area contributed by atoms with Gasteiger partial charge < -0.3 is 15.7 Å². The zero-order valence-corrected chi connectivity index (χ0v) is 17.0. The lowest BCUT2D eigenvalue weighted by Gasteiger charge is -2.10. The number of hydrogen-bond donors (Lipinski definition) is 3. The van der Waals surface area contributed by atoms with Gasteiger partial charge in [0, 0.05) is 24.7 Å². The van der Waals surface area contributed by atoms with Crippen LogP contribution in [0.4, 0.5) is 11.4 Å². The van der Waals surface area contributed by atoms with E-state index in [1.54, 1.807) is 11.3 Å². The number of rotatable bonds is 5. The lowest BCUT2D eigenvalue weighted by molar-refractivity contribution is -0.114. The number of thiazole rings is 1. The molecule has 0 aliphatic heterocycles. The van der Waals surface area contributed by atoms with Crippen molar-refractivity contribution in [2.24, 2.45) is 0 Å². The number of nitrogens with zero attached hydrogens (tertiary/aromatic N) is 1. The molecule has 30 heavy (non-hydrogen) atoms. The Bertz CT molecular complexity index is 1200. The maximum absolute atomic E-state index is 12.6. The molecule has 0 saturated heterocycles. The highest BCUT2D eigenvalue weighted by Gasteiger charge is 2.13. The van der Waals surface area contributed by atoms with Crippen LogP contribution in [0.2, 0.25) is 0 Å². The van der Waals surface area contributed by atoms with Gasteiger partial charge in [0.25, 0.3) is 5.91 Å². The van der Waals surface area contributed by atoms with Crippen molar-refractivity contribution in [1.29, 1.82) is 0 Å². The Balaban J connectivity index is 1.45. The first-order valence-corrected chi connectivity index (χ1v) is 10.1. The predicted molar refractivity (Wildman–Crippen MR) is 119 cm³/mol. The summed E-state index contributed by atoms with van der Waals surface area (Å²) < 4.78 is 1.16. The highest BCUT2D eigenvalue weighted by molar-refractivity contribution is 7.18. The molecule has 3 aromatic carbocycles. The first-order chi connectivity index (χ1) is 14.5. The Labute approximate surface area is 177 Å². The van der Waals surface area contributed by atoms with Crippen LogP contribution >= 0.6 is 11.3 Å². The number of aromatic nitrogens is 1. The minimum atomic E-state index is -0.460. The number of aromatic hydroxyl groups is 1. The second-order valence-electron chi connectivity index (χ2n) is 6.82. The SMILES string of the molecule is CC(=O)Nc1ccc(O)c(C(=O)Nc2ccc(Cc3nc4ccccc4s3)cc2)c1. The number of para-hydroxylation sites is 1. The molecular weight excluding hydrogens is 398 g/mol. The molecule has 3 N–H and O–H groups in total. The van der Waals surface area contributed by atoms with Gasteiger partial charge in [0.05, 0.1) is 20.8 Å². The predicted octanol–water partition coefficient (Wildman–Crippen LogP) is 4.80. The average Bonchev–Trinajstić information content (AvgIpc) is 3.13. The molecule has 0 aliphatic rings. The summed E-state index contributed by atoms with van der Waals surface area (Å²) in [5.41, 5.74) is 3.22. The fraction of sp³-hybridized carbons (Fsp3) is 0.0870. The number of carbonyl (C=O) groups excluding carboxylic acids is 2. The monoisotopic (exact) mass is 417 g/mol. The molecule has 2 amide bonds. The van der Waals surface area contributed by atoms with Gasteiger partial charge in [-0.25, -0.2) is 4.98 Å². The quantitative estimate of drug-likeness (QED) is 0.407. The number of hydrogen-bond acceptors (Lipinski definition) is 5. The third kappa shape index (κ3) is 4.47. The van der Waals surface area contributed by atoms with E-state index in [1.165, 1.54) is 25.1 Å². The zero-order chi connectivity index (χ0) is 21.1. The van der Waals surface area contributed by atoms with Crippen LogP contribution in [0.25, 0.3) is 10.2 Å². The topological polar surface area (TPSA) is 91.3 Å². The Morgan fingerprint density at radius 1 is 0.967 bits per heavy atom. The largest absolute Gasteiger partial charge is 0.507 e. The molecule has 1 heterocycles. The van der Waals surface area contributed by atoms with Crippen LogP contribution in [0.15, 0.2) is 66.7 Å². The second kappa shape index (κ2) is 8.34. The third-order valence-corrected chi connectivity index (χ3v) is 5.50. The highest BCUT2D eigenvalue weighted by Crippen LogP contribution is 2.25. The number of fused-ring (bicyclic) bond motifs is 1. The molecule has 0 unspecified atom stereocenters. The van der Waals surface area contributed by atoms with Gasteiger partial charge in [-0.15, -0.1) is 11.3 Å². The number of nitrogens with one attached hydrogen (secondary N) is 2. The maximum Gasteiger partial charge on any atom is 0.259 e. The first kappa shape index (κ1) is 19.6. The minimum absolute atomic E-state index is 0.0832. The first-order valence-electron chi connectivity index (χ1n) is 9.33. The molecule has 6 nitrogen and oxygen atoms in total. The summed E-state index contributed by atoms with van der Waals surface area (Å²) >= 11 is 1.67. The van der Waals surface area contributed by atoms with Gasteiger partial charge in [-0.3, -0.25) is 9.59 Å². The van der Waals surface area contributed by atoms with Gasteiger partial charge >= 0.3 is 0 Å². The van der Waals surface area contributed by atoms with E-state index in [9.17, 15) is 14.7 Å². The number of carbonyl (C=O) groups is 2. The van der Waals surface area contributed by atoms with E-state index in [2.05, 4.69) is 21.7 Å². The number of phenols is 1. The molecule has 0 bridgehead atoms. The van der Waals surface area contributed by atoms with Crippen LogP contribution in [0.1, 0.15) is 27.9 Å². The van der Waals surface area contributed by atoms with E-state index in [4.69, 9.17) is 0 Å². The molecule has 0 saturated carbocycles. The van der Waals surface area contributed by atoms with Crippen LogP contribution in [-0.2, 0) is 11.2 Å². The van der Waals surface area contributed by atoms with E-state index in [0.29, 0.717) is 17.8 Å². The van der Waals surface area contributed by atoms with Crippen molar-refractivity contribution < 1.29 is 14.7 Å². The van der Waals surface area contributed by atoms with Crippen molar-refractivity contribution in [3.05, 3.63) is 82.9 Å². The summed E-state index contributed by atoms with van der Waals surface area (Å²) in [6.45, 7) is 1.38. The smallest absolute Gasteiger partial charge is 0.259 e. The molecule has 0 atom stereocenters. The standard InChI is InChI=1S/C23H19N3O3S/c1-14(27)24-17-10-11-20(28)18(13-17)23(29)25-16-8-6-15(7-9-16)12-22-26-19-4-2-3-5-21(19)30-22/h2-11,13,28H,12H2,1H3,(H,24,27)(H,25,29). The fourth-order valence-corrected chi connectivity index (χ4v) is 4.07. The van der Waals surface area contributed by atoms with E-state index in [-0.39, 0.29) is 17.2 Å². The lowest BCUT2D eigenvalue weighted by Crippen LogP contribution is -2.13. The Morgan fingerprint density at radius 2 is 1.70 bits per heavy atom. The van der Waals surface area contributed by atoms with E-state index < -0.39 is 5.91 Å². The molecule has 1 aromatic heterocycles. The number of benzene rings is 3. The van der Waals surface area contributed by atoms with Crippen LogP contribution in [0, 0.1) is 0 Å². The third-order valence-electron chi connectivity index (χ3n) is 4.47. The normalized spacial score (nSPS) is 10.7. The van der Waals surface area contributed by atoms with Crippen molar-refractivity contribution >= 4 is 44.7 Å². The maximum atomic E-state index is 12.6. The van der Waals surface area contributed by atoms with Crippen LogP contribution in [0.5, 0.6) is 5.75 Å². The summed E-state index contributed by atoms with van der Waals surface area (Å²) in [7, 11) is 0. The molecule has 0 spiro atoms. The summed E-state index contributed by atoms with van der Waals surface area (Å²) in [6.07, 6.45) is 0.715. The second-order valence-corrected chi connectivity index (χ2v) is 7.93. The van der Waals surface area contributed by atoms with E-state index in [0.717, 1.165) is 20.8 Å². The van der Waals surface area contributed by atoms with Crippen LogP contribution in [0.3, 0.4) is 0 Å². The zero-order valence-electron chi connectivity index (χ0n) is 16.2. The van der Waals surface area contributed by atoms with Gasteiger partial charge in [0.15, 0.2) is 0 Å². The Morgan fingerprint density at radius 3 is 2.43 bits per heavy atom.